The first-order valence-corrected chi connectivity index (χ1v) is 6.11. The predicted molar refractivity (Wildman–Crippen MR) is 77.3 cm³/mol. The van der Waals surface area contributed by atoms with E-state index in [4.69, 9.17) is 0 Å². The van der Waals surface area contributed by atoms with E-state index < -0.39 is 4.92 Å². The predicted octanol–water partition coefficient (Wildman–Crippen LogP) is 2.98. The number of nitrogens with one attached hydrogen (secondary N) is 1. The Morgan fingerprint density at radius 1 is 1.20 bits per heavy atom. The molecule has 0 aliphatic rings. The topological polar surface area (TPSA) is 73.0 Å². The molecule has 0 aliphatic carbocycles. The maximum Gasteiger partial charge on any atom is 0.271 e. The van der Waals surface area contributed by atoms with Gasteiger partial charge in [0, 0.05) is 24.9 Å². The molecule has 0 saturated carbocycles. The summed E-state index contributed by atoms with van der Waals surface area (Å²) in [6.45, 7) is 0. The number of nitrogens with zero attached hydrogens (tertiary/aromatic N) is 3. The highest BCUT2D eigenvalue weighted by Crippen LogP contribution is 2.27. The smallest absolute Gasteiger partial charge is 0.271 e. The number of para-hydroxylation sites is 1. The van der Waals surface area contributed by atoms with E-state index in [-0.39, 0.29) is 5.69 Å². The van der Waals surface area contributed by atoms with Crippen molar-refractivity contribution in [1.29, 1.82) is 0 Å². The number of nitro benzene ring substituents is 1. The van der Waals surface area contributed by atoms with Crippen LogP contribution in [-0.4, -0.2) is 21.5 Å². The minimum absolute atomic E-state index is 0.0397. The molecule has 0 fully saturated rings. The van der Waals surface area contributed by atoms with Crippen LogP contribution < -0.4 is 5.32 Å². The molecule has 20 heavy (non-hydrogen) atoms. The fourth-order valence-corrected chi connectivity index (χ4v) is 2.19. The molecule has 0 spiro atoms. The lowest BCUT2D eigenvalue weighted by molar-refractivity contribution is -0.384. The summed E-state index contributed by atoms with van der Waals surface area (Å²) in [7, 11) is 1.77. The molecule has 1 heterocycles. The van der Waals surface area contributed by atoms with Crippen molar-refractivity contribution in [3.63, 3.8) is 0 Å². The van der Waals surface area contributed by atoms with Gasteiger partial charge in [-0.2, -0.15) is 0 Å². The SMILES string of the molecule is CNc1nc2cc([N+](=O)[O-])ccc2n1-c1ccccc1. The van der Waals surface area contributed by atoms with Crippen LogP contribution in [0.1, 0.15) is 0 Å². The van der Waals surface area contributed by atoms with Crippen LogP contribution in [0.15, 0.2) is 48.5 Å². The molecule has 3 rings (SSSR count). The van der Waals surface area contributed by atoms with Crippen molar-refractivity contribution in [3.05, 3.63) is 58.6 Å². The lowest BCUT2D eigenvalue weighted by Crippen LogP contribution is -2.00. The average Bonchev–Trinajstić information content (AvgIpc) is 2.85. The highest BCUT2D eigenvalue weighted by Gasteiger charge is 2.14. The van der Waals surface area contributed by atoms with Crippen molar-refractivity contribution < 1.29 is 4.92 Å². The van der Waals surface area contributed by atoms with Crippen LogP contribution in [0.4, 0.5) is 11.6 Å². The molecule has 0 saturated heterocycles. The Kier molecular flexibility index (Phi) is 2.83. The van der Waals surface area contributed by atoms with Crippen LogP contribution in [-0.2, 0) is 0 Å². The lowest BCUT2D eigenvalue weighted by atomic mass is 10.2. The Hall–Kier alpha value is -2.89. The molecule has 3 aromatic rings. The first-order valence-electron chi connectivity index (χ1n) is 6.11. The minimum Gasteiger partial charge on any atom is -0.358 e. The monoisotopic (exact) mass is 268 g/mol. The van der Waals surface area contributed by atoms with E-state index in [9.17, 15) is 10.1 Å². The molecule has 6 heteroatoms. The van der Waals surface area contributed by atoms with Gasteiger partial charge in [-0.1, -0.05) is 18.2 Å². The fourth-order valence-electron chi connectivity index (χ4n) is 2.19. The third-order valence-corrected chi connectivity index (χ3v) is 3.09. The minimum atomic E-state index is -0.417. The number of non-ortho nitro benzene ring substituents is 1. The van der Waals surface area contributed by atoms with Gasteiger partial charge in [0.2, 0.25) is 5.95 Å². The highest BCUT2D eigenvalue weighted by molar-refractivity contribution is 5.83. The molecule has 100 valence electrons. The highest BCUT2D eigenvalue weighted by atomic mass is 16.6. The van der Waals surface area contributed by atoms with Crippen molar-refractivity contribution in [2.24, 2.45) is 0 Å². The second-order valence-corrected chi connectivity index (χ2v) is 4.29. The van der Waals surface area contributed by atoms with E-state index in [2.05, 4.69) is 10.3 Å². The zero-order valence-corrected chi connectivity index (χ0v) is 10.8. The first kappa shape index (κ1) is 12.2. The van der Waals surface area contributed by atoms with Crippen molar-refractivity contribution in [3.8, 4) is 5.69 Å². The van der Waals surface area contributed by atoms with Crippen LogP contribution in [0.25, 0.3) is 16.7 Å². The number of hydrogen-bond donors (Lipinski definition) is 1. The number of anilines is 1. The van der Waals surface area contributed by atoms with Gasteiger partial charge in [-0.15, -0.1) is 0 Å². The van der Waals surface area contributed by atoms with Crippen LogP contribution in [0.2, 0.25) is 0 Å². The van der Waals surface area contributed by atoms with Gasteiger partial charge in [-0.25, -0.2) is 4.98 Å². The van der Waals surface area contributed by atoms with Crippen molar-refractivity contribution in [1.82, 2.24) is 9.55 Å². The summed E-state index contributed by atoms with van der Waals surface area (Å²) in [5, 5.41) is 13.8. The summed E-state index contributed by atoms with van der Waals surface area (Å²) >= 11 is 0. The second kappa shape index (κ2) is 4.65. The zero-order valence-electron chi connectivity index (χ0n) is 10.8. The maximum absolute atomic E-state index is 10.8. The number of fused-ring (bicyclic) bond motifs is 1. The van der Waals surface area contributed by atoms with Gasteiger partial charge in [0.15, 0.2) is 0 Å². The molecule has 6 nitrogen and oxygen atoms in total. The van der Waals surface area contributed by atoms with E-state index >= 15 is 0 Å². The van der Waals surface area contributed by atoms with Crippen molar-refractivity contribution >= 4 is 22.7 Å². The fraction of sp³-hybridized carbons (Fsp3) is 0.0714. The van der Waals surface area contributed by atoms with E-state index in [1.807, 2.05) is 34.9 Å². The largest absolute Gasteiger partial charge is 0.358 e. The quantitative estimate of drug-likeness (QED) is 0.585. The van der Waals surface area contributed by atoms with Gasteiger partial charge < -0.3 is 5.32 Å². The third-order valence-electron chi connectivity index (χ3n) is 3.09. The van der Waals surface area contributed by atoms with E-state index in [1.54, 1.807) is 13.1 Å². The van der Waals surface area contributed by atoms with Crippen LogP contribution in [0.3, 0.4) is 0 Å². The molecule has 0 atom stereocenters. The molecule has 0 aliphatic heterocycles. The number of rotatable bonds is 3. The molecule has 0 unspecified atom stereocenters. The van der Waals surface area contributed by atoms with Crippen molar-refractivity contribution in [2.75, 3.05) is 12.4 Å². The van der Waals surface area contributed by atoms with Gasteiger partial charge in [-0.05, 0) is 18.2 Å². The average molecular weight is 268 g/mol. The lowest BCUT2D eigenvalue weighted by Gasteiger charge is -2.07. The molecule has 2 aromatic carbocycles. The molecule has 1 aromatic heterocycles. The van der Waals surface area contributed by atoms with Gasteiger partial charge in [0.25, 0.3) is 5.69 Å². The Labute approximate surface area is 114 Å². The molecular weight excluding hydrogens is 256 g/mol. The number of hydrogen-bond acceptors (Lipinski definition) is 4. The zero-order chi connectivity index (χ0) is 14.1. The Morgan fingerprint density at radius 3 is 2.60 bits per heavy atom. The number of nitro groups is 1. The molecule has 1 N–H and O–H groups in total. The number of benzene rings is 2. The standard InChI is InChI=1S/C14H12N4O2/c1-15-14-16-12-9-11(18(19)20)7-8-13(12)17(14)10-5-3-2-4-6-10/h2-9H,1H3,(H,15,16). The van der Waals surface area contributed by atoms with Gasteiger partial charge in [0.05, 0.1) is 16.0 Å². The normalized spacial score (nSPS) is 10.7. The third kappa shape index (κ3) is 1.87. The van der Waals surface area contributed by atoms with E-state index in [1.165, 1.54) is 12.1 Å². The van der Waals surface area contributed by atoms with Gasteiger partial charge in [-0.3, -0.25) is 14.7 Å². The van der Waals surface area contributed by atoms with Gasteiger partial charge >= 0.3 is 0 Å². The van der Waals surface area contributed by atoms with E-state index in [0.717, 1.165) is 11.2 Å². The Balaban J connectivity index is 2.28. The summed E-state index contributed by atoms with van der Waals surface area (Å²) in [5.41, 5.74) is 2.41. The summed E-state index contributed by atoms with van der Waals surface area (Å²) in [6.07, 6.45) is 0. The molecule has 0 radical (unpaired) electrons. The summed E-state index contributed by atoms with van der Waals surface area (Å²) in [4.78, 5) is 14.8. The van der Waals surface area contributed by atoms with E-state index in [0.29, 0.717) is 11.5 Å². The first-order chi connectivity index (χ1) is 9.70. The second-order valence-electron chi connectivity index (χ2n) is 4.29. The Morgan fingerprint density at radius 2 is 1.95 bits per heavy atom. The summed E-state index contributed by atoms with van der Waals surface area (Å²) in [5.74, 6) is 0.645. The summed E-state index contributed by atoms with van der Waals surface area (Å²) in [6, 6.07) is 14.4. The van der Waals surface area contributed by atoms with Crippen LogP contribution in [0, 0.1) is 10.1 Å². The number of imidazole rings is 1. The van der Waals surface area contributed by atoms with Crippen LogP contribution in [0.5, 0.6) is 0 Å². The molecule has 0 amide bonds. The number of aromatic nitrogens is 2. The summed E-state index contributed by atoms with van der Waals surface area (Å²) < 4.78 is 1.93. The maximum atomic E-state index is 10.8. The molecule has 0 bridgehead atoms. The van der Waals surface area contributed by atoms with Gasteiger partial charge in [0.1, 0.15) is 0 Å². The Bertz CT molecular complexity index is 780. The molecular formula is C14H12N4O2. The van der Waals surface area contributed by atoms with Crippen molar-refractivity contribution in [2.45, 2.75) is 0 Å². The van der Waals surface area contributed by atoms with Crippen LogP contribution >= 0.6 is 0 Å².